The molecular weight excluding hydrogens is 372 g/mol. The molecule has 2 aromatic carbocycles. The van der Waals surface area contributed by atoms with E-state index in [4.69, 9.17) is 4.55 Å². The average molecular weight is 390 g/mol. The number of aryl methyl sites for hydroxylation is 1. The van der Waals surface area contributed by atoms with Crippen molar-refractivity contribution in [3.8, 4) is 0 Å². The van der Waals surface area contributed by atoms with Crippen molar-refractivity contribution in [1.29, 1.82) is 0 Å². The van der Waals surface area contributed by atoms with E-state index in [0.717, 1.165) is 11.1 Å². The van der Waals surface area contributed by atoms with E-state index >= 15 is 0 Å². The van der Waals surface area contributed by atoms with E-state index in [9.17, 15) is 26.0 Å². The minimum absolute atomic E-state index is 0.0223. The van der Waals surface area contributed by atoms with Crippen molar-refractivity contribution in [2.45, 2.75) is 44.4 Å². The average Bonchev–Trinajstić information content (AvgIpc) is 2.51. The van der Waals surface area contributed by atoms with Crippen LogP contribution in [0.15, 0.2) is 23.1 Å². The lowest BCUT2D eigenvalue weighted by Crippen LogP contribution is -2.16. The van der Waals surface area contributed by atoms with E-state index in [1.807, 2.05) is 13.8 Å². The summed E-state index contributed by atoms with van der Waals surface area (Å²) >= 11 is 0. The molecule has 2 aromatic rings. The second-order valence-electron chi connectivity index (χ2n) is 6.48. The molecule has 0 saturated heterocycles. The largest absolute Gasteiger partial charge is 0.300 e. The monoisotopic (exact) mass is 390 g/mol. The van der Waals surface area contributed by atoms with Crippen molar-refractivity contribution in [2.75, 3.05) is 0 Å². The van der Waals surface area contributed by atoms with Gasteiger partial charge in [-0.05, 0) is 24.0 Å². The fraction of sp³-hybridized carbons (Fsp3) is 0.333. The second kappa shape index (κ2) is 7.00. The Morgan fingerprint density at radius 2 is 1.38 bits per heavy atom. The van der Waals surface area contributed by atoms with E-state index in [0.29, 0.717) is 5.56 Å². The van der Waals surface area contributed by atoms with E-state index in [1.54, 1.807) is 25.1 Å². The van der Waals surface area contributed by atoms with Crippen molar-refractivity contribution < 1.29 is 30.5 Å². The molecule has 0 heterocycles. The van der Waals surface area contributed by atoms with Gasteiger partial charge < -0.3 is 0 Å². The maximum atomic E-state index is 14.4. The van der Waals surface area contributed by atoms with E-state index in [1.165, 1.54) is 6.92 Å². The van der Waals surface area contributed by atoms with E-state index < -0.39 is 49.8 Å². The molecule has 1 unspecified atom stereocenters. The number of hydrogen-bond donors (Lipinski definition) is 1. The van der Waals surface area contributed by atoms with Crippen LogP contribution in [-0.4, -0.2) is 13.0 Å². The molecule has 2 rings (SSSR count). The summed E-state index contributed by atoms with van der Waals surface area (Å²) in [6.07, 6.45) is 0. The number of benzene rings is 2. The Bertz CT molecular complexity index is 940. The quantitative estimate of drug-likeness (QED) is 0.450. The zero-order valence-corrected chi connectivity index (χ0v) is 15.4. The maximum absolute atomic E-state index is 14.4. The molecule has 0 radical (unpaired) electrons. The highest BCUT2D eigenvalue weighted by atomic mass is 32.2. The summed E-state index contributed by atoms with van der Waals surface area (Å²) in [5.41, 5.74) is 1.06. The van der Waals surface area contributed by atoms with Crippen LogP contribution in [0.1, 0.15) is 54.9 Å². The van der Waals surface area contributed by atoms with Crippen LogP contribution in [0.25, 0.3) is 0 Å². The zero-order chi connectivity index (χ0) is 20.0. The van der Waals surface area contributed by atoms with Crippen molar-refractivity contribution >= 4 is 10.1 Å². The lowest BCUT2D eigenvalue weighted by molar-refractivity contribution is 0.391. The van der Waals surface area contributed by atoms with Gasteiger partial charge in [-0.25, -0.2) is 17.6 Å². The van der Waals surface area contributed by atoms with Gasteiger partial charge in [0.05, 0.1) is 0 Å². The molecule has 1 N–H and O–H groups in total. The number of halogens is 4. The van der Waals surface area contributed by atoms with Gasteiger partial charge in [0.25, 0.3) is 0 Å². The predicted octanol–water partition coefficient (Wildman–Crippen LogP) is 5.07. The lowest BCUT2D eigenvalue weighted by Gasteiger charge is -2.22. The highest BCUT2D eigenvalue weighted by Gasteiger charge is 2.34. The van der Waals surface area contributed by atoms with E-state index in [2.05, 4.69) is 0 Å². The smallest absolute Gasteiger partial charge is 0.282 e. The van der Waals surface area contributed by atoms with Gasteiger partial charge in [0, 0.05) is 11.5 Å². The molecule has 1 atom stereocenters. The van der Waals surface area contributed by atoms with Gasteiger partial charge in [-0.3, -0.25) is 4.55 Å². The molecule has 3 nitrogen and oxygen atoms in total. The minimum atomic E-state index is -5.47. The topological polar surface area (TPSA) is 54.4 Å². The van der Waals surface area contributed by atoms with Gasteiger partial charge in [0.2, 0.25) is 0 Å². The van der Waals surface area contributed by atoms with Crippen molar-refractivity contribution in [3.05, 3.63) is 63.7 Å². The molecular formula is C18H18F4O3S. The first-order valence-electron chi connectivity index (χ1n) is 7.81. The summed E-state index contributed by atoms with van der Waals surface area (Å²) in [5, 5.41) is 0. The summed E-state index contributed by atoms with van der Waals surface area (Å²) < 4.78 is 88.1. The Morgan fingerprint density at radius 3 is 1.81 bits per heavy atom. The fourth-order valence-corrected chi connectivity index (χ4v) is 3.62. The van der Waals surface area contributed by atoms with Crippen molar-refractivity contribution in [2.24, 2.45) is 0 Å². The first-order valence-corrected chi connectivity index (χ1v) is 9.25. The molecule has 0 bridgehead atoms. The Labute approximate surface area is 149 Å². The zero-order valence-electron chi connectivity index (χ0n) is 14.6. The van der Waals surface area contributed by atoms with Crippen LogP contribution in [-0.2, 0) is 10.1 Å². The van der Waals surface area contributed by atoms with Crippen LogP contribution in [0.5, 0.6) is 0 Å². The Balaban J connectivity index is 2.81. The van der Waals surface area contributed by atoms with Gasteiger partial charge in [-0.1, -0.05) is 44.5 Å². The normalized spacial score (nSPS) is 13.3. The molecule has 0 aliphatic carbocycles. The highest BCUT2D eigenvalue weighted by molar-refractivity contribution is 7.85. The van der Waals surface area contributed by atoms with Crippen LogP contribution >= 0.6 is 0 Å². The first kappa shape index (κ1) is 20.4. The predicted molar refractivity (Wildman–Crippen MR) is 88.9 cm³/mol. The van der Waals surface area contributed by atoms with Gasteiger partial charge in [0.1, 0.15) is 0 Å². The SMILES string of the molecule is Cc1ccc(C(C)C)c(C(C)c2c(F)c(F)c(S(=O)(=O)O)c(F)c2F)c1. The molecule has 0 aliphatic heterocycles. The lowest BCUT2D eigenvalue weighted by atomic mass is 9.84. The molecule has 0 aliphatic rings. The van der Waals surface area contributed by atoms with Gasteiger partial charge in [-0.2, -0.15) is 8.42 Å². The molecule has 0 amide bonds. The van der Waals surface area contributed by atoms with Gasteiger partial charge >= 0.3 is 10.1 Å². The van der Waals surface area contributed by atoms with Crippen LogP contribution in [0.2, 0.25) is 0 Å². The number of rotatable bonds is 4. The Kier molecular flexibility index (Phi) is 5.49. The highest BCUT2D eigenvalue weighted by Crippen LogP contribution is 2.37. The second-order valence-corrected chi connectivity index (χ2v) is 7.84. The molecule has 0 fully saturated rings. The van der Waals surface area contributed by atoms with Crippen LogP contribution < -0.4 is 0 Å². The third-order valence-electron chi connectivity index (χ3n) is 4.28. The summed E-state index contributed by atoms with van der Waals surface area (Å²) in [7, 11) is -5.47. The van der Waals surface area contributed by atoms with Gasteiger partial charge in [-0.15, -0.1) is 0 Å². The van der Waals surface area contributed by atoms with Crippen LogP contribution in [0, 0.1) is 30.2 Å². The van der Waals surface area contributed by atoms with Crippen LogP contribution in [0.4, 0.5) is 17.6 Å². The Morgan fingerprint density at radius 1 is 0.885 bits per heavy atom. The molecule has 8 heteroatoms. The molecule has 26 heavy (non-hydrogen) atoms. The molecule has 0 aromatic heterocycles. The standard InChI is InChI=1S/C18H18F4O3S/c1-8(2)11-6-5-9(3)7-12(11)10(4)13-14(19)16(21)18(26(23,24)25)17(22)15(13)20/h5-8,10H,1-4H3,(H,23,24,25). The summed E-state index contributed by atoms with van der Waals surface area (Å²) in [5.74, 6) is -9.10. The fourth-order valence-electron chi connectivity index (χ4n) is 2.99. The Hall–Kier alpha value is -1.93. The third-order valence-corrected chi connectivity index (χ3v) is 5.15. The molecule has 142 valence electrons. The van der Waals surface area contributed by atoms with Crippen molar-refractivity contribution in [3.63, 3.8) is 0 Å². The van der Waals surface area contributed by atoms with Crippen molar-refractivity contribution in [1.82, 2.24) is 0 Å². The molecule has 0 spiro atoms. The summed E-state index contributed by atoms with van der Waals surface area (Å²) in [6, 6.07) is 5.23. The maximum Gasteiger partial charge on any atom is 0.300 e. The van der Waals surface area contributed by atoms with Gasteiger partial charge in [0.15, 0.2) is 28.2 Å². The summed E-state index contributed by atoms with van der Waals surface area (Å²) in [6.45, 7) is 6.84. The number of hydrogen-bond acceptors (Lipinski definition) is 2. The molecule has 0 saturated carbocycles. The van der Waals surface area contributed by atoms with E-state index in [-0.39, 0.29) is 5.92 Å². The summed E-state index contributed by atoms with van der Waals surface area (Å²) in [4.78, 5) is -2.03. The first-order chi connectivity index (χ1) is 11.9. The third kappa shape index (κ3) is 3.48. The van der Waals surface area contributed by atoms with Crippen LogP contribution in [0.3, 0.4) is 0 Å². The minimum Gasteiger partial charge on any atom is -0.282 e.